The van der Waals surface area contributed by atoms with Gasteiger partial charge in [0.2, 0.25) is 0 Å². The first-order valence-corrected chi connectivity index (χ1v) is 6.64. The van der Waals surface area contributed by atoms with Gasteiger partial charge in [-0.3, -0.25) is 4.98 Å². The minimum absolute atomic E-state index is 0.0769. The maximum Gasteiger partial charge on any atom is 0.174 e. The molecule has 0 bridgehead atoms. The van der Waals surface area contributed by atoms with Crippen LogP contribution in [0.25, 0.3) is 0 Å². The van der Waals surface area contributed by atoms with Crippen molar-refractivity contribution in [3.8, 4) is 0 Å². The Morgan fingerprint density at radius 2 is 2.15 bits per heavy atom. The summed E-state index contributed by atoms with van der Waals surface area (Å²) in [6, 6.07) is 2.22. The molecular formula is C14H24N4O2. The largest absolute Gasteiger partial charge is 0.409 e. The summed E-state index contributed by atoms with van der Waals surface area (Å²) in [5.41, 5.74) is 9.04. The summed E-state index contributed by atoms with van der Waals surface area (Å²) in [6.45, 7) is 9.31. The first-order chi connectivity index (χ1) is 9.42. The third-order valence-corrected chi connectivity index (χ3v) is 3.14. The zero-order valence-corrected chi connectivity index (χ0v) is 12.8. The van der Waals surface area contributed by atoms with E-state index >= 15 is 0 Å². The van der Waals surface area contributed by atoms with Crippen molar-refractivity contribution in [3.63, 3.8) is 0 Å². The molecule has 0 aliphatic heterocycles. The molecule has 0 spiro atoms. The Balaban J connectivity index is 3.38. The number of methoxy groups -OCH3 is 1. The Morgan fingerprint density at radius 3 is 2.65 bits per heavy atom. The number of ether oxygens (including phenoxy) is 1. The predicted molar refractivity (Wildman–Crippen MR) is 80.6 cm³/mol. The van der Waals surface area contributed by atoms with Crippen LogP contribution >= 0.6 is 0 Å². The van der Waals surface area contributed by atoms with Crippen LogP contribution < -0.4 is 10.6 Å². The van der Waals surface area contributed by atoms with Gasteiger partial charge >= 0.3 is 0 Å². The molecule has 0 radical (unpaired) electrons. The fraction of sp³-hybridized carbons (Fsp3) is 0.571. The molecule has 112 valence electrons. The van der Waals surface area contributed by atoms with Crippen LogP contribution in [0.4, 0.5) is 5.69 Å². The van der Waals surface area contributed by atoms with E-state index in [1.807, 2.05) is 19.9 Å². The molecule has 0 atom stereocenters. The minimum Gasteiger partial charge on any atom is -0.409 e. The number of hydrogen-bond acceptors (Lipinski definition) is 5. The van der Waals surface area contributed by atoms with Crippen LogP contribution in [0.15, 0.2) is 11.2 Å². The second kappa shape index (κ2) is 7.09. The van der Waals surface area contributed by atoms with Crippen molar-refractivity contribution in [2.75, 3.05) is 25.2 Å². The lowest BCUT2D eigenvalue weighted by molar-refractivity contribution is 0.204. The lowest BCUT2D eigenvalue weighted by Gasteiger charge is -2.31. The van der Waals surface area contributed by atoms with E-state index in [0.717, 1.165) is 23.6 Å². The van der Waals surface area contributed by atoms with Crippen LogP contribution in [0.1, 0.15) is 30.8 Å². The van der Waals surface area contributed by atoms with Crippen LogP contribution in [0.2, 0.25) is 0 Å². The highest BCUT2D eigenvalue weighted by molar-refractivity contribution is 6.03. The SMILES string of the molecule is COCCN(c1cc(C)nc(C)c1/C(N)=N/O)C(C)C. The number of pyridine rings is 1. The second-order valence-electron chi connectivity index (χ2n) is 5.01. The summed E-state index contributed by atoms with van der Waals surface area (Å²) in [6.07, 6.45) is 0. The average molecular weight is 280 g/mol. The zero-order chi connectivity index (χ0) is 15.3. The van der Waals surface area contributed by atoms with Gasteiger partial charge in [-0.2, -0.15) is 0 Å². The van der Waals surface area contributed by atoms with Gasteiger partial charge in [0.25, 0.3) is 0 Å². The molecule has 1 aromatic heterocycles. The maximum atomic E-state index is 8.99. The van der Waals surface area contributed by atoms with Crippen molar-refractivity contribution >= 4 is 11.5 Å². The number of anilines is 1. The van der Waals surface area contributed by atoms with Crippen molar-refractivity contribution in [3.05, 3.63) is 23.0 Å². The first kappa shape index (κ1) is 16.2. The topological polar surface area (TPSA) is 84.0 Å². The molecule has 0 aliphatic carbocycles. The number of aromatic nitrogens is 1. The number of amidine groups is 1. The van der Waals surface area contributed by atoms with Gasteiger partial charge in [-0.25, -0.2) is 0 Å². The molecule has 1 heterocycles. The Hall–Kier alpha value is -1.82. The summed E-state index contributed by atoms with van der Waals surface area (Å²) in [5.74, 6) is 0.0769. The fourth-order valence-corrected chi connectivity index (χ4v) is 2.25. The predicted octanol–water partition coefficient (Wildman–Crippen LogP) is 1.65. The number of hydrogen-bond donors (Lipinski definition) is 2. The Kier molecular flexibility index (Phi) is 5.76. The molecule has 0 saturated carbocycles. The van der Waals surface area contributed by atoms with E-state index in [9.17, 15) is 0 Å². The van der Waals surface area contributed by atoms with Crippen LogP contribution in [0, 0.1) is 13.8 Å². The number of nitrogens with zero attached hydrogens (tertiary/aromatic N) is 3. The van der Waals surface area contributed by atoms with Crippen LogP contribution in [-0.4, -0.2) is 42.3 Å². The summed E-state index contributed by atoms with van der Waals surface area (Å²) in [5, 5.41) is 12.1. The number of aryl methyl sites for hydroxylation is 2. The van der Waals surface area contributed by atoms with E-state index in [0.29, 0.717) is 12.2 Å². The van der Waals surface area contributed by atoms with Gasteiger partial charge in [-0.05, 0) is 33.8 Å². The smallest absolute Gasteiger partial charge is 0.174 e. The molecule has 6 heteroatoms. The molecule has 1 rings (SSSR count). The van der Waals surface area contributed by atoms with Crippen molar-refractivity contribution in [1.29, 1.82) is 0 Å². The zero-order valence-electron chi connectivity index (χ0n) is 12.8. The normalized spacial score (nSPS) is 12.0. The monoisotopic (exact) mass is 280 g/mol. The van der Waals surface area contributed by atoms with E-state index < -0.39 is 0 Å². The lowest BCUT2D eigenvalue weighted by Crippen LogP contribution is -2.36. The molecule has 0 unspecified atom stereocenters. The van der Waals surface area contributed by atoms with Gasteiger partial charge in [0, 0.05) is 25.4 Å². The third-order valence-electron chi connectivity index (χ3n) is 3.14. The summed E-state index contributed by atoms with van der Waals surface area (Å²) in [7, 11) is 1.67. The van der Waals surface area contributed by atoms with Gasteiger partial charge in [0.1, 0.15) is 0 Å². The average Bonchev–Trinajstić information content (AvgIpc) is 2.37. The molecule has 0 aromatic carbocycles. The van der Waals surface area contributed by atoms with E-state index in [1.54, 1.807) is 7.11 Å². The van der Waals surface area contributed by atoms with Gasteiger partial charge in [-0.15, -0.1) is 0 Å². The Bertz CT molecular complexity index is 486. The van der Waals surface area contributed by atoms with Crippen LogP contribution in [0.5, 0.6) is 0 Å². The maximum absolute atomic E-state index is 8.99. The summed E-state index contributed by atoms with van der Waals surface area (Å²) >= 11 is 0. The van der Waals surface area contributed by atoms with E-state index in [-0.39, 0.29) is 11.9 Å². The standard InChI is InChI=1S/C14H24N4O2/c1-9(2)18(6-7-20-5)12-8-10(3)16-11(4)13(12)14(15)17-19/h8-9,19H,6-7H2,1-5H3,(H2,15,17). The van der Waals surface area contributed by atoms with Crippen molar-refractivity contribution < 1.29 is 9.94 Å². The van der Waals surface area contributed by atoms with Crippen molar-refractivity contribution in [1.82, 2.24) is 4.98 Å². The molecule has 3 N–H and O–H groups in total. The quantitative estimate of drug-likeness (QED) is 0.358. The highest BCUT2D eigenvalue weighted by atomic mass is 16.5. The highest BCUT2D eigenvalue weighted by Crippen LogP contribution is 2.25. The van der Waals surface area contributed by atoms with Gasteiger partial charge in [-0.1, -0.05) is 5.16 Å². The summed E-state index contributed by atoms with van der Waals surface area (Å²) < 4.78 is 5.16. The molecular weight excluding hydrogens is 256 g/mol. The van der Waals surface area contributed by atoms with E-state index in [1.165, 1.54) is 0 Å². The molecule has 0 aliphatic rings. The van der Waals surface area contributed by atoms with E-state index in [2.05, 4.69) is 28.9 Å². The van der Waals surface area contributed by atoms with Crippen LogP contribution in [-0.2, 0) is 4.74 Å². The Labute approximate surface area is 120 Å². The molecule has 0 saturated heterocycles. The summed E-state index contributed by atoms with van der Waals surface area (Å²) in [4.78, 5) is 6.56. The van der Waals surface area contributed by atoms with Gasteiger partial charge in [0.05, 0.1) is 23.6 Å². The lowest BCUT2D eigenvalue weighted by atomic mass is 10.1. The van der Waals surface area contributed by atoms with Gasteiger partial charge < -0.3 is 20.6 Å². The molecule has 0 amide bonds. The number of nitrogens with two attached hydrogens (primary N) is 1. The number of oxime groups is 1. The van der Waals surface area contributed by atoms with Gasteiger partial charge in [0.15, 0.2) is 5.84 Å². The van der Waals surface area contributed by atoms with E-state index in [4.69, 9.17) is 15.7 Å². The number of rotatable bonds is 6. The molecule has 20 heavy (non-hydrogen) atoms. The van der Waals surface area contributed by atoms with Crippen LogP contribution in [0.3, 0.4) is 0 Å². The van der Waals surface area contributed by atoms with Crippen molar-refractivity contribution in [2.24, 2.45) is 10.9 Å². The fourth-order valence-electron chi connectivity index (χ4n) is 2.25. The second-order valence-corrected chi connectivity index (χ2v) is 5.01. The highest BCUT2D eigenvalue weighted by Gasteiger charge is 2.20. The third kappa shape index (κ3) is 3.60. The molecule has 6 nitrogen and oxygen atoms in total. The van der Waals surface area contributed by atoms with Crippen molar-refractivity contribution in [2.45, 2.75) is 33.7 Å². The Morgan fingerprint density at radius 1 is 1.50 bits per heavy atom. The first-order valence-electron chi connectivity index (χ1n) is 6.64. The molecule has 1 aromatic rings. The molecule has 0 fully saturated rings. The minimum atomic E-state index is 0.0769.